The molecule has 0 fully saturated rings. The summed E-state index contributed by atoms with van der Waals surface area (Å²) in [5.74, 6) is -1.94. The number of alkyl halides is 3. The molecule has 0 aliphatic heterocycles. The monoisotopic (exact) mass is 347 g/mol. The minimum absolute atomic E-state index is 0.196. The van der Waals surface area contributed by atoms with Crippen molar-refractivity contribution in [1.82, 2.24) is 10.1 Å². The van der Waals surface area contributed by atoms with E-state index in [-0.39, 0.29) is 11.7 Å². The lowest BCUT2D eigenvalue weighted by atomic mass is 10.1. The highest BCUT2D eigenvalue weighted by molar-refractivity contribution is 6.04. The summed E-state index contributed by atoms with van der Waals surface area (Å²) in [7, 11) is 0. The summed E-state index contributed by atoms with van der Waals surface area (Å²) >= 11 is 0. The molecule has 8 heteroatoms. The van der Waals surface area contributed by atoms with Gasteiger partial charge in [-0.2, -0.15) is 18.2 Å². The van der Waals surface area contributed by atoms with Crippen molar-refractivity contribution in [3.8, 4) is 11.4 Å². The summed E-state index contributed by atoms with van der Waals surface area (Å²) in [4.78, 5) is 15.5. The van der Waals surface area contributed by atoms with Crippen LogP contribution in [0.3, 0.4) is 0 Å². The smallest absolute Gasteiger partial charge is 0.329 e. The van der Waals surface area contributed by atoms with Gasteiger partial charge in [-0.3, -0.25) is 4.79 Å². The number of carbonyl (C=O) groups excluding carboxylic acids is 1. The molecule has 0 spiro atoms. The standard InChI is InChI=1S/C17H12F3N3O2/c1-10-4-2-3-5-13(10)21-15(24)12-8-6-11(7-9-12)14-22-16(25-23-14)17(18,19)20/h2-9H,1H3,(H,21,24). The van der Waals surface area contributed by atoms with E-state index in [9.17, 15) is 18.0 Å². The Morgan fingerprint density at radius 3 is 2.36 bits per heavy atom. The Morgan fingerprint density at radius 2 is 1.76 bits per heavy atom. The second kappa shape index (κ2) is 6.39. The number of benzene rings is 2. The highest BCUT2D eigenvalue weighted by Gasteiger charge is 2.38. The first-order valence-corrected chi connectivity index (χ1v) is 7.23. The molecule has 5 nitrogen and oxygen atoms in total. The van der Waals surface area contributed by atoms with Crippen molar-refractivity contribution in [3.05, 3.63) is 65.5 Å². The predicted molar refractivity (Wildman–Crippen MR) is 83.9 cm³/mol. The SMILES string of the molecule is Cc1ccccc1NC(=O)c1ccc(-c2noc(C(F)(F)F)n2)cc1. The van der Waals surface area contributed by atoms with E-state index >= 15 is 0 Å². The third-order valence-electron chi connectivity index (χ3n) is 3.47. The van der Waals surface area contributed by atoms with Gasteiger partial charge >= 0.3 is 12.1 Å². The third kappa shape index (κ3) is 3.68. The normalized spacial score (nSPS) is 11.4. The van der Waals surface area contributed by atoms with Crippen LogP contribution >= 0.6 is 0 Å². The number of rotatable bonds is 3. The molecule has 3 aromatic rings. The molecule has 0 saturated heterocycles. The van der Waals surface area contributed by atoms with Gasteiger partial charge in [0.2, 0.25) is 5.82 Å². The molecule has 1 aromatic heterocycles. The molecule has 128 valence electrons. The molecule has 0 aliphatic rings. The number of aryl methyl sites for hydroxylation is 1. The Morgan fingerprint density at radius 1 is 1.08 bits per heavy atom. The van der Waals surface area contributed by atoms with Crippen molar-refractivity contribution in [1.29, 1.82) is 0 Å². The van der Waals surface area contributed by atoms with E-state index < -0.39 is 12.1 Å². The fraction of sp³-hybridized carbons (Fsp3) is 0.118. The van der Waals surface area contributed by atoms with Gasteiger partial charge in [-0.1, -0.05) is 35.5 Å². The average molecular weight is 347 g/mol. The van der Waals surface area contributed by atoms with Crippen LogP contribution in [0.2, 0.25) is 0 Å². The Labute approximate surface area is 140 Å². The summed E-state index contributed by atoms with van der Waals surface area (Å²) in [5.41, 5.74) is 2.27. The van der Waals surface area contributed by atoms with Crippen LogP contribution in [0.1, 0.15) is 21.8 Å². The number of aromatic nitrogens is 2. The molecule has 0 saturated carbocycles. The number of hydrogen-bond donors (Lipinski definition) is 1. The van der Waals surface area contributed by atoms with E-state index in [1.807, 2.05) is 19.1 Å². The van der Waals surface area contributed by atoms with Crippen LogP contribution < -0.4 is 5.32 Å². The summed E-state index contributed by atoms with van der Waals surface area (Å²) in [6.07, 6.45) is -4.70. The highest BCUT2D eigenvalue weighted by Crippen LogP contribution is 2.29. The molecule has 3 rings (SSSR count). The van der Waals surface area contributed by atoms with Crippen molar-refractivity contribution in [3.63, 3.8) is 0 Å². The van der Waals surface area contributed by atoms with Gasteiger partial charge in [0.25, 0.3) is 5.91 Å². The van der Waals surface area contributed by atoms with Gasteiger partial charge in [0.05, 0.1) is 0 Å². The van der Waals surface area contributed by atoms with E-state index in [0.717, 1.165) is 5.56 Å². The molecular weight excluding hydrogens is 335 g/mol. The zero-order chi connectivity index (χ0) is 18.0. The maximum Gasteiger partial charge on any atom is 0.471 e. The number of anilines is 1. The first-order chi connectivity index (χ1) is 11.8. The van der Waals surface area contributed by atoms with E-state index in [0.29, 0.717) is 16.8 Å². The fourth-order valence-electron chi connectivity index (χ4n) is 2.13. The maximum atomic E-state index is 12.5. The number of nitrogens with zero attached hydrogens (tertiary/aromatic N) is 2. The molecular formula is C17H12F3N3O2. The van der Waals surface area contributed by atoms with Gasteiger partial charge in [0, 0.05) is 16.8 Å². The Hall–Kier alpha value is -3.16. The molecule has 0 aliphatic carbocycles. The van der Waals surface area contributed by atoms with E-state index in [1.54, 1.807) is 12.1 Å². The van der Waals surface area contributed by atoms with Crippen molar-refractivity contribution in [2.75, 3.05) is 5.32 Å². The number of nitrogens with one attached hydrogen (secondary N) is 1. The Balaban J connectivity index is 1.77. The van der Waals surface area contributed by atoms with Crippen LogP contribution in [0.15, 0.2) is 53.1 Å². The van der Waals surface area contributed by atoms with Crippen LogP contribution in [-0.2, 0) is 6.18 Å². The largest absolute Gasteiger partial charge is 0.471 e. The lowest BCUT2D eigenvalue weighted by Gasteiger charge is -2.08. The summed E-state index contributed by atoms with van der Waals surface area (Å²) in [6, 6.07) is 13.2. The molecule has 0 unspecified atom stereocenters. The van der Waals surface area contributed by atoms with Crippen LogP contribution in [-0.4, -0.2) is 16.0 Å². The first-order valence-electron chi connectivity index (χ1n) is 7.23. The number of para-hydroxylation sites is 1. The van der Waals surface area contributed by atoms with Gasteiger partial charge in [-0.15, -0.1) is 0 Å². The quantitative estimate of drug-likeness (QED) is 0.766. The summed E-state index contributed by atoms with van der Waals surface area (Å²) < 4.78 is 41.6. The number of amides is 1. The van der Waals surface area contributed by atoms with Crippen LogP contribution in [0.25, 0.3) is 11.4 Å². The van der Waals surface area contributed by atoms with E-state index in [1.165, 1.54) is 24.3 Å². The molecule has 0 radical (unpaired) electrons. The third-order valence-corrected chi connectivity index (χ3v) is 3.47. The fourth-order valence-corrected chi connectivity index (χ4v) is 2.13. The van der Waals surface area contributed by atoms with Crippen LogP contribution in [0, 0.1) is 6.92 Å². The topological polar surface area (TPSA) is 68.0 Å². The molecule has 0 bridgehead atoms. The van der Waals surface area contributed by atoms with Gasteiger partial charge in [0.15, 0.2) is 0 Å². The zero-order valence-electron chi connectivity index (χ0n) is 13.0. The van der Waals surface area contributed by atoms with Crippen molar-refractivity contribution in [2.24, 2.45) is 0 Å². The Kier molecular flexibility index (Phi) is 4.26. The molecule has 1 amide bonds. The molecule has 0 atom stereocenters. The average Bonchev–Trinajstić information content (AvgIpc) is 3.07. The molecule has 1 heterocycles. The highest BCUT2D eigenvalue weighted by atomic mass is 19.4. The molecule has 1 N–H and O–H groups in total. The van der Waals surface area contributed by atoms with Gasteiger partial charge in [-0.25, -0.2) is 0 Å². The van der Waals surface area contributed by atoms with Crippen molar-refractivity contribution >= 4 is 11.6 Å². The van der Waals surface area contributed by atoms with Gasteiger partial charge in [-0.05, 0) is 30.7 Å². The number of carbonyl (C=O) groups is 1. The van der Waals surface area contributed by atoms with Crippen LogP contribution in [0.5, 0.6) is 0 Å². The zero-order valence-corrected chi connectivity index (χ0v) is 13.0. The minimum atomic E-state index is -4.70. The predicted octanol–water partition coefficient (Wildman–Crippen LogP) is 4.32. The maximum absolute atomic E-state index is 12.5. The molecule has 25 heavy (non-hydrogen) atoms. The lowest BCUT2D eigenvalue weighted by molar-refractivity contribution is -0.159. The summed E-state index contributed by atoms with van der Waals surface area (Å²) in [6.45, 7) is 1.87. The Bertz CT molecular complexity index is 902. The van der Waals surface area contributed by atoms with Gasteiger partial charge in [0.1, 0.15) is 0 Å². The van der Waals surface area contributed by atoms with E-state index in [2.05, 4.69) is 20.0 Å². The lowest BCUT2D eigenvalue weighted by Crippen LogP contribution is -2.12. The molecule has 2 aromatic carbocycles. The van der Waals surface area contributed by atoms with Crippen LogP contribution in [0.4, 0.5) is 18.9 Å². The summed E-state index contributed by atoms with van der Waals surface area (Å²) in [5, 5.41) is 6.07. The second-order valence-corrected chi connectivity index (χ2v) is 5.27. The second-order valence-electron chi connectivity index (χ2n) is 5.27. The van der Waals surface area contributed by atoms with E-state index in [4.69, 9.17) is 0 Å². The van der Waals surface area contributed by atoms with Crippen molar-refractivity contribution < 1.29 is 22.5 Å². The minimum Gasteiger partial charge on any atom is -0.329 e. The van der Waals surface area contributed by atoms with Crippen molar-refractivity contribution in [2.45, 2.75) is 13.1 Å². The first kappa shape index (κ1) is 16.7. The number of halogens is 3. The van der Waals surface area contributed by atoms with Gasteiger partial charge < -0.3 is 9.84 Å². The number of hydrogen-bond acceptors (Lipinski definition) is 4.